The standard InChI is InChI=1S/C19H25Br/c1-2-3-4-5-6-11-19(20)15-16-12-13-17-9-7-8-10-18(17)14-16/h7-10,12-14,19H,2-6,11,15H2,1H3. The summed E-state index contributed by atoms with van der Waals surface area (Å²) >= 11 is 3.85. The van der Waals surface area contributed by atoms with E-state index in [-0.39, 0.29) is 0 Å². The summed E-state index contributed by atoms with van der Waals surface area (Å²) in [5.74, 6) is 0. The summed E-state index contributed by atoms with van der Waals surface area (Å²) in [6.07, 6.45) is 9.27. The number of alkyl halides is 1. The highest BCUT2D eigenvalue weighted by molar-refractivity contribution is 9.09. The maximum absolute atomic E-state index is 3.85. The Morgan fingerprint density at radius 3 is 2.45 bits per heavy atom. The highest BCUT2D eigenvalue weighted by Crippen LogP contribution is 2.21. The number of fused-ring (bicyclic) bond motifs is 1. The minimum atomic E-state index is 0.616. The van der Waals surface area contributed by atoms with Crippen molar-refractivity contribution in [2.75, 3.05) is 0 Å². The Hall–Kier alpha value is -0.820. The van der Waals surface area contributed by atoms with Gasteiger partial charge in [-0.2, -0.15) is 0 Å². The lowest BCUT2D eigenvalue weighted by molar-refractivity contribution is 0.598. The van der Waals surface area contributed by atoms with Crippen molar-refractivity contribution < 1.29 is 0 Å². The molecule has 1 atom stereocenters. The smallest absolute Gasteiger partial charge is 0.0186 e. The lowest BCUT2D eigenvalue weighted by atomic mass is 10.0. The van der Waals surface area contributed by atoms with Gasteiger partial charge in [0.2, 0.25) is 0 Å². The second kappa shape index (κ2) is 8.46. The van der Waals surface area contributed by atoms with E-state index in [2.05, 4.69) is 65.3 Å². The molecule has 0 N–H and O–H groups in total. The fourth-order valence-corrected chi connectivity index (χ4v) is 3.39. The van der Waals surface area contributed by atoms with Crippen LogP contribution < -0.4 is 0 Å². The molecular weight excluding hydrogens is 308 g/mol. The third-order valence-electron chi connectivity index (χ3n) is 3.89. The number of unbranched alkanes of at least 4 members (excludes halogenated alkanes) is 4. The van der Waals surface area contributed by atoms with Crippen LogP contribution >= 0.6 is 15.9 Å². The zero-order valence-electron chi connectivity index (χ0n) is 12.4. The molecule has 0 saturated heterocycles. The highest BCUT2D eigenvalue weighted by atomic mass is 79.9. The van der Waals surface area contributed by atoms with Crippen LogP contribution in [-0.2, 0) is 6.42 Å². The second-order valence-corrected chi connectivity index (χ2v) is 6.98. The Labute approximate surface area is 131 Å². The first-order chi connectivity index (χ1) is 9.79. The number of hydrogen-bond donors (Lipinski definition) is 0. The molecule has 2 aromatic rings. The van der Waals surface area contributed by atoms with Gasteiger partial charge in [0.15, 0.2) is 0 Å². The molecule has 0 saturated carbocycles. The van der Waals surface area contributed by atoms with Crippen LogP contribution in [0.15, 0.2) is 42.5 Å². The van der Waals surface area contributed by atoms with E-state index in [1.54, 1.807) is 0 Å². The summed E-state index contributed by atoms with van der Waals surface area (Å²) in [4.78, 5) is 0.616. The lowest BCUT2D eigenvalue weighted by Gasteiger charge is -2.10. The number of rotatable bonds is 8. The molecule has 0 spiro atoms. The van der Waals surface area contributed by atoms with Crippen molar-refractivity contribution in [2.24, 2.45) is 0 Å². The molecule has 0 aliphatic carbocycles. The van der Waals surface area contributed by atoms with Gasteiger partial charge in [-0.1, -0.05) is 97.4 Å². The number of hydrogen-bond acceptors (Lipinski definition) is 0. The van der Waals surface area contributed by atoms with Gasteiger partial charge >= 0.3 is 0 Å². The van der Waals surface area contributed by atoms with Gasteiger partial charge in [0, 0.05) is 4.83 Å². The molecule has 0 nitrogen and oxygen atoms in total. The molecule has 0 heterocycles. The predicted octanol–water partition coefficient (Wildman–Crippen LogP) is 6.51. The Kier molecular flexibility index (Phi) is 6.59. The fourth-order valence-electron chi connectivity index (χ4n) is 2.69. The molecule has 1 unspecified atom stereocenters. The van der Waals surface area contributed by atoms with Crippen LogP contribution in [-0.4, -0.2) is 4.83 Å². The summed E-state index contributed by atoms with van der Waals surface area (Å²) in [5, 5.41) is 2.69. The summed E-state index contributed by atoms with van der Waals surface area (Å²) in [6.45, 7) is 2.27. The second-order valence-electron chi connectivity index (χ2n) is 5.69. The van der Waals surface area contributed by atoms with Crippen LogP contribution in [0.3, 0.4) is 0 Å². The zero-order chi connectivity index (χ0) is 14.2. The first-order valence-corrected chi connectivity index (χ1v) is 8.83. The van der Waals surface area contributed by atoms with Gasteiger partial charge in [-0.05, 0) is 29.2 Å². The van der Waals surface area contributed by atoms with E-state index in [0.717, 1.165) is 6.42 Å². The molecule has 108 valence electrons. The minimum Gasteiger partial charge on any atom is -0.0887 e. The van der Waals surface area contributed by atoms with Gasteiger partial charge in [0.25, 0.3) is 0 Å². The van der Waals surface area contributed by atoms with Crippen molar-refractivity contribution in [2.45, 2.75) is 56.7 Å². The summed E-state index contributed by atoms with van der Waals surface area (Å²) in [5.41, 5.74) is 1.44. The van der Waals surface area contributed by atoms with E-state index in [0.29, 0.717) is 4.83 Å². The largest absolute Gasteiger partial charge is 0.0887 e. The van der Waals surface area contributed by atoms with E-state index in [4.69, 9.17) is 0 Å². The van der Waals surface area contributed by atoms with E-state index in [1.807, 2.05) is 0 Å². The van der Waals surface area contributed by atoms with Gasteiger partial charge in [0.1, 0.15) is 0 Å². The molecule has 0 aliphatic heterocycles. The molecule has 0 amide bonds. The van der Waals surface area contributed by atoms with E-state index >= 15 is 0 Å². The van der Waals surface area contributed by atoms with E-state index in [1.165, 1.54) is 54.9 Å². The average molecular weight is 333 g/mol. The Morgan fingerprint density at radius 1 is 0.900 bits per heavy atom. The molecular formula is C19H25Br. The Balaban J connectivity index is 1.81. The maximum atomic E-state index is 3.85. The van der Waals surface area contributed by atoms with Crippen molar-refractivity contribution in [3.05, 3.63) is 48.0 Å². The van der Waals surface area contributed by atoms with Crippen LogP contribution in [0.25, 0.3) is 10.8 Å². The van der Waals surface area contributed by atoms with Gasteiger partial charge in [-0.15, -0.1) is 0 Å². The Morgan fingerprint density at radius 2 is 1.65 bits per heavy atom. The van der Waals surface area contributed by atoms with Crippen molar-refractivity contribution >= 4 is 26.7 Å². The molecule has 0 radical (unpaired) electrons. The predicted molar refractivity (Wildman–Crippen MR) is 93.7 cm³/mol. The van der Waals surface area contributed by atoms with Crippen LogP contribution in [0.2, 0.25) is 0 Å². The minimum absolute atomic E-state index is 0.616. The zero-order valence-corrected chi connectivity index (χ0v) is 14.0. The first-order valence-electron chi connectivity index (χ1n) is 7.91. The molecule has 2 aromatic carbocycles. The SMILES string of the molecule is CCCCCCCC(Br)Cc1ccc2ccccc2c1. The normalized spacial score (nSPS) is 12.7. The van der Waals surface area contributed by atoms with Crippen LogP contribution in [0.1, 0.15) is 51.0 Å². The first kappa shape index (κ1) is 15.6. The Bertz CT molecular complexity index is 518. The van der Waals surface area contributed by atoms with Crippen molar-refractivity contribution in [1.82, 2.24) is 0 Å². The molecule has 1 heteroatoms. The van der Waals surface area contributed by atoms with Gasteiger partial charge in [0.05, 0.1) is 0 Å². The highest BCUT2D eigenvalue weighted by Gasteiger charge is 2.06. The molecule has 0 fully saturated rings. The van der Waals surface area contributed by atoms with Crippen LogP contribution in [0.4, 0.5) is 0 Å². The maximum Gasteiger partial charge on any atom is 0.0186 e. The monoisotopic (exact) mass is 332 g/mol. The topological polar surface area (TPSA) is 0 Å². The summed E-state index contributed by atoms with van der Waals surface area (Å²) in [6, 6.07) is 15.4. The molecule has 2 rings (SSSR count). The van der Waals surface area contributed by atoms with Gasteiger partial charge in [-0.25, -0.2) is 0 Å². The van der Waals surface area contributed by atoms with Crippen molar-refractivity contribution in [3.63, 3.8) is 0 Å². The average Bonchev–Trinajstić information content (AvgIpc) is 2.47. The third kappa shape index (κ3) is 4.94. The fraction of sp³-hybridized carbons (Fsp3) is 0.474. The molecule has 20 heavy (non-hydrogen) atoms. The molecule has 0 aliphatic rings. The van der Waals surface area contributed by atoms with Crippen LogP contribution in [0, 0.1) is 0 Å². The lowest BCUT2D eigenvalue weighted by Crippen LogP contribution is -2.02. The van der Waals surface area contributed by atoms with E-state index in [9.17, 15) is 0 Å². The van der Waals surface area contributed by atoms with Crippen LogP contribution in [0.5, 0.6) is 0 Å². The quantitative estimate of drug-likeness (QED) is 0.382. The van der Waals surface area contributed by atoms with Gasteiger partial charge < -0.3 is 0 Å². The molecule has 0 aromatic heterocycles. The molecule has 0 bridgehead atoms. The van der Waals surface area contributed by atoms with E-state index < -0.39 is 0 Å². The number of benzene rings is 2. The third-order valence-corrected chi connectivity index (χ3v) is 4.67. The summed E-state index contributed by atoms with van der Waals surface area (Å²) < 4.78 is 0. The van der Waals surface area contributed by atoms with Crippen molar-refractivity contribution in [3.8, 4) is 0 Å². The van der Waals surface area contributed by atoms with Gasteiger partial charge in [-0.3, -0.25) is 0 Å². The summed E-state index contributed by atoms with van der Waals surface area (Å²) in [7, 11) is 0. The van der Waals surface area contributed by atoms with Crippen molar-refractivity contribution in [1.29, 1.82) is 0 Å². The number of halogens is 1.